The van der Waals surface area contributed by atoms with Gasteiger partial charge in [0.2, 0.25) is 11.8 Å². The molecule has 19 heavy (non-hydrogen) atoms. The number of amides is 2. The molecule has 1 heterocycles. The molecule has 1 unspecified atom stereocenters. The molecule has 0 aromatic heterocycles. The summed E-state index contributed by atoms with van der Waals surface area (Å²) in [4.78, 5) is 27.5. The molecule has 1 saturated heterocycles. The van der Waals surface area contributed by atoms with Crippen molar-refractivity contribution in [3.05, 3.63) is 0 Å². The fourth-order valence-electron chi connectivity index (χ4n) is 2.02. The lowest BCUT2D eigenvalue weighted by molar-refractivity contribution is -0.132. The van der Waals surface area contributed by atoms with Gasteiger partial charge in [0.05, 0.1) is 11.4 Å². The van der Waals surface area contributed by atoms with E-state index in [1.165, 1.54) is 0 Å². The van der Waals surface area contributed by atoms with E-state index in [1.807, 2.05) is 18.7 Å². The van der Waals surface area contributed by atoms with Gasteiger partial charge in [-0.1, -0.05) is 29.8 Å². The van der Waals surface area contributed by atoms with Crippen LogP contribution in [0.5, 0.6) is 0 Å². The number of nitrogens with zero attached hydrogens (tertiary/aromatic N) is 2. The van der Waals surface area contributed by atoms with Gasteiger partial charge in [0, 0.05) is 32.7 Å². The number of rotatable bonds is 6. The minimum Gasteiger partial charge on any atom is -0.355 e. The maximum Gasteiger partial charge on any atom is 0.236 e. The first kappa shape index (κ1) is 16.4. The van der Waals surface area contributed by atoms with Crippen LogP contribution in [0.15, 0.2) is 0 Å². The molecular formula is C13H24BrN3O2. The topological polar surface area (TPSA) is 52.7 Å². The molecule has 1 atom stereocenters. The highest BCUT2D eigenvalue weighted by Gasteiger charge is 2.25. The molecule has 6 heteroatoms. The average Bonchev–Trinajstić information content (AvgIpc) is 2.44. The van der Waals surface area contributed by atoms with Gasteiger partial charge in [-0.15, -0.1) is 0 Å². The quantitative estimate of drug-likeness (QED) is 0.732. The highest BCUT2D eigenvalue weighted by Crippen LogP contribution is 2.11. The van der Waals surface area contributed by atoms with Gasteiger partial charge >= 0.3 is 0 Å². The summed E-state index contributed by atoms with van der Waals surface area (Å²) in [7, 11) is 0. The van der Waals surface area contributed by atoms with Crippen molar-refractivity contribution >= 4 is 27.7 Å². The van der Waals surface area contributed by atoms with E-state index in [9.17, 15) is 9.59 Å². The lowest BCUT2D eigenvalue weighted by Gasteiger charge is -2.35. The van der Waals surface area contributed by atoms with E-state index in [0.29, 0.717) is 19.6 Å². The van der Waals surface area contributed by atoms with E-state index in [1.54, 1.807) is 0 Å². The molecule has 0 aromatic rings. The predicted molar refractivity (Wildman–Crippen MR) is 79.3 cm³/mol. The van der Waals surface area contributed by atoms with Crippen LogP contribution >= 0.6 is 15.9 Å². The van der Waals surface area contributed by atoms with E-state index in [-0.39, 0.29) is 16.6 Å². The third kappa shape index (κ3) is 5.48. The first-order valence-electron chi connectivity index (χ1n) is 7.00. The summed E-state index contributed by atoms with van der Waals surface area (Å²) < 4.78 is 0. The Hall–Kier alpha value is -0.620. The Morgan fingerprint density at radius 3 is 2.37 bits per heavy atom. The van der Waals surface area contributed by atoms with Gasteiger partial charge in [0.1, 0.15) is 0 Å². The highest BCUT2D eigenvalue weighted by molar-refractivity contribution is 9.10. The van der Waals surface area contributed by atoms with Crippen LogP contribution in [-0.4, -0.2) is 65.7 Å². The molecule has 2 amide bonds. The maximum absolute atomic E-state index is 12.0. The summed E-state index contributed by atoms with van der Waals surface area (Å²) in [6, 6.07) is 0. The van der Waals surface area contributed by atoms with Crippen molar-refractivity contribution < 1.29 is 9.59 Å². The van der Waals surface area contributed by atoms with Crippen molar-refractivity contribution in [1.29, 1.82) is 0 Å². The maximum atomic E-state index is 12.0. The van der Waals surface area contributed by atoms with Crippen LogP contribution in [-0.2, 0) is 9.59 Å². The molecule has 1 aliphatic heterocycles. The molecule has 0 aliphatic carbocycles. The Morgan fingerprint density at radius 2 is 1.84 bits per heavy atom. The van der Waals surface area contributed by atoms with E-state index in [0.717, 1.165) is 32.5 Å². The Morgan fingerprint density at radius 1 is 1.21 bits per heavy atom. The summed E-state index contributed by atoms with van der Waals surface area (Å²) in [6.07, 6.45) is 1.76. The number of piperazine rings is 1. The standard InChI is InChI=1S/C13H24BrN3O2/c1-3-5-15-12(18)10-16-6-8-17(9-7-16)13(19)11(14)4-2/h11H,3-10H2,1-2H3,(H,15,18). The molecule has 1 rings (SSSR count). The summed E-state index contributed by atoms with van der Waals surface area (Å²) in [6.45, 7) is 8.17. The van der Waals surface area contributed by atoms with Gasteiger partial charge in [-0.25, -0.2) is 0 Å². The van der Waals surface area contributed by atoms with Crippen LogP contribution in [0.3, 0.4) is 0 Å². The Labute approximate surface area is 123 Å². The summed E-state index contributed by atoms with van der Waals surface area (Å²) >= 11 is 3.39. The second-order valence-corrected chi connectivity index (χ2v) is 5.93. The Bertz CT molecular complexity index is 304. The van der Waals surface area contributed by atoms with Crippen LogP contribution in [0, 0.1) is 0 Å². The molecule has 0 aromatic carbocycles. The number of hydrogen-bond acceptors (Lipinski definition) is 3. The normalized spacial score (nSPS) is 18.2. The zero-order valence-corrected chi connectivity index (χ0v) is 13.4. The Kier molecular flexibility index (Phi) is 7.38. The third-order valence-electron chi connectivity index (χ3n) is 3.25. The zero-order valence-electron chi connectivity index (χ0n) is 11.8. The molecular weight excluding hydrogens is 310 g/mol. The lowest BCUT2D eigenvalue weighted by Crippen LogP contribution is -2.52. The smallest absolute Gasteiger partial charge is 0.236 e. The zero-order chi connectivity index (χ0) is 14.3. The molecule has 1 N–H and O–H groups in total. The van der Waals surface area contributed by atoms with Crippen LogP contribution in [0.2, 0.25) is 0 Å². The van der Waals surface area contributed by atoms with E-state index in [4.69, 9.17) is 0 Å². The monoisotopic (exact) mass is 333 g/mol. The van der Waals surface area contributed by atoms with Crippen LogP contribution in [0.25, 0.3) is 0 Å². The number of carbonyl (C=O) groups excluding carboxylic acids is 2. The first-order valence-corrected chi connectivity index (χ1v) is 7.92. The molecule has 110 valence electrons. The van der Waals surface area contributed by atoms with E-state index < -0.39 is 0 Å². The molecule has 0 radical (unpaired) electrons. The van der Waals surface area contributed by atoms with Crippen LogP contribution < -0.4 is 5.32 Å². The molecule has 1 aliphatic rings. The number of carbonyl (C=O) groups is 2. The minimum absolute atomic E-state index is 0.0769. The minimum atomic E-state index is -0.0769. The van der Waals surface area contributed by atoms with Gasteiger partial charge in [-0.05, 0) is 12.8 Å². The molecule has 0 saturated carbocycles. The molecule has 0 bridgehead atoms. The van der Waals surface area contributed by atoms with Crippen molar-refractivity contribution in [2.45, 2.75) is 31.5 Å². The van der Waals surface area contributed by atoms with Crippen LogP contribution in [0.1, 0.15) is 26.7 Å². The van der Waals surface area contributed by atoms with Gasteiger partial charge in [0.15, 0.2) is 0 Å². The number of alkyl halides is 1. The fraction of sp³-hybridized carbons (Fsp3) is 0.846. The number of hydrogen-bond donors (Lipinski definition) is 1. The van der Waals surface area contributed by atoms with Crippen molar-refractivity contribution in [3.63, 3.8) is 0 Å². The summed E-state index contributed by atoms with van der Waals surface area (Å²) in [5, 5.41) is 2.87. The first-order chi connectivity index (χ1) is 9.08. The van der Waals surface area contributed by atoms with E-state index >= 15 is 0 Å². The summed E-state index contributed by atoms with van der Waals surface area (Å²) in [5.74, 6) is 0.242. The van der Waals surface area contributed by atoms with Gasteiger partial charge < -0.3 is 10.2 Å². The predicted octanol–water partition coefficient (Wildman–Crippen LogP) is 0.830. The lowest BCUT2D eigenvalue weighted by atomic mass is 10.2. The fourth-order valence-corrected chi connectivity index (χ4v) is 2.31. The highest BCUT2D eigenvalue weighted by atomic mass is 79.9. The molecule has 5 nitrogen and oxygen atoms in total. The van der Waals surface area contributed by atoms with Gasteiger partial charge in [-0.2, -0.15) is 0 Å². The van der Waals surface area contributed by atoms with E-state index in [2.05, 4.69) is 26.1 Å². The van der Waals surface area contributed by atoms with Crippen molar-refractivity contribution in [3.8, 4) is 0 Å². The second kappa shape index (κ2) is 8.53. The number of halogens is 1. The SMILES string of the molecule is CCCNC(=O)CN1CCN(C(=O)C(Br)CC)CC1. The summed E-state index contributed by atoms with van der Waals surface area (Å²) in [5.41, 5.74) is 0. The van der Waals surface area contributed by atoms with Crippen molar-refractivity contribution in [1.82, 2.24) is 15.1 Å². The van der Waals surface area contributed by atoms with Gasteiger partial charge in [0.25, 0.3) is 0 Å². The molecule has 1 fully saturated rings. The third-order valence-corrected chi connectivity index (χ3v) is 4.29. The van der Waals surface area contributed by atoms with Crippen LogP contribution in [0.4, 0.5) is 0 Å². The van der Waals surface area contributed by atoms with Gasteiger partial charge in [-0.3, -0.25) is 14.5 Å². The molecule has 0 spiro atoms. The largest absolute Gasteiger partial charge is 0.355 e. The second-order valence-electron chi connectivity index (χ2n) is 4.83. The Balaban J connectivity index is 2.29. The van der Waals surface area contributed by atoms with Crippen molar-refractivity contribution in [2.24, 2.45) is 0 Å². The average molecular weight is 334 g/mol. The number of nitrogens with one attached hydrogen (secondary N) is 1. The van der Waals surface area contributed by atoms with Crippen molar-refractivity contribution in [2.75, 3.05) is 39.3 Å².